The first kappa shape index (κ1) is 14.3. The van der Waals surface area contributed by atoms with Crippen molar-refractivity contribution in [3.05, 3.63) is 22.6 Å². The molecule has 1 heterocycles. The van der Waals surface area contributed by atoms with Crippen molar-refractivity contribution in [1.29, 1.82) is 0 Å². The zero-order chi connectivity index (χ0) is 14.7. The molecule has 0 unspecified atom stereocenters. The normalized spacial score (nSPS) is 16.2. The highest BCUT2D eigenvalue weighted by atomic mass is 32.2. The predicted octanol–water partition coefficient (Wildman–Crippen LogP) is 1.64. The Hall–Kier alpha value is -2.15. The van der Waals surface area contributed by atoms with Gasteiger partial charge in [0, 0.05) is 0 Å². The number of benzene rings is 1. The van der Waals surface area contributed by atoms with Crippen LogP contribution in [-0.4, -0.2) is 32.4 Å². The van der Waals surface area contributed by atoms with Crippen molar-refractivity contribution in [3.8, 4) is 17.2 Å². The number of methoxy groups -OCH3 is 3. The van der Waals surface area contributed by atoms with E-state index in [1.54, 1.807) is 18.2 Å². The van der Waals surface area contributed by atoms with Gasteiger partial charge in [0.05, 0.1) is 26.2 Å². The van der Waals surface area contributed by atoms with Crippen molar-refractivity contribution in [3.63, 3.8) is 0 Å². The lowest BCUT2D eigenvalue weighted by Crippen LogP contribution is -2.01. The molecule has 0 saturated heterocycles. The van der Waals surface area contributed by atoms with Crippen molar-refractivity contribution in [1.82, 2.24) is 0 Å². The second kappa shape index (κ2) is 5.87. The third-order valence-corrected chi connectivity index (χ3v) is 3.43. The number of nitrogens with two attached hydrogens (primary N) is 1. The van der Waals surface area contributed by atoms with E-state index in [1.807, 2.05) is 0 Å². The molecule has 0 atom stereocenters. The van der Waals surface area contributed by atoms with Gasteiger partial charge in [-0.2, -0.15) is 4.99 Å². The number of carbonyl (C=O) groups is 1. The van der Waals surface area contributed by atoms with Crippen LogP contribution in [0, 0.1) is 0 Å². The average Bonchev–Trinajstić information content (AvgIpc) is 2.75. The number of aliphatic imine (C=N–C) groups is 1. The van der Waals surface area contributed by atoms with Gasteiger partial charge in [-0.15, -0.1) is 0 Å². The highest BCUT2D eigenvalue weighted by molar-refractivity contribution is 8.18. The van der Waals surface area contributed by atoms with Crippen LogP contribution in [0.15, 0.2) is 22.0 Å². The molecule has 0 spiro atoms. The highest BCUT2D eigenvalue weighted by Gasteiger charge is 2.20. The largest absolute Gasteiger partial charge is 0.493 e. The molecular formula is C13H14N2O4S. The molecule has 1 aromatic rings. The molecule has 1 amide bonds. The van der Waals surface area contributed by atoms with Crippen LogP contribution in [0.3, 0.4) is 0 Å². The van der Waals surface area contributed by atoms with Gasteiger partial charge < -0.3 is 19.9 Å². The van der Waals surface area contributed by atoms with Crippen LogP contribution in [0.5, 0.6) is 17.2 Å². The molecule has 2 N–H and O–H groups in total. The summed E-state index contributed by atoms with van der Waals surface area (Å²) in [5.41, 5.74) is 6.25. The quantitative estimate of drug-likeness (QED) is 0.850. The van der Waals surface area contributed by atoms with E-state index in [0.717, 1.165) is 17.3 Å². The van der Waals surface area contributed by atoms with Gasteiger partial charge in [0.2, 0.25) is 5.75 Å². The fraction of sp³-hybridized carbons (Fsp3) is 0.231. The number of carbonyl (C=O) groups excluding carboxylic acids is 1. The van der Waals surface area contributed by atoms with Crippen LogP contribution in [0.2, 0.25) is 0 Å². The van der Waals surface area contributed by atoms with Crippen LogP contribution < -0.4 is 19.9 Å². The number of amidine groups is 1. The summed E-state index contributed by atoms with van der Waals surface area (Å²) in [7, 11) is 4.60. The van der Waals surface area contributed by atoms with Gasteiger partial charge in [-0.25, -0.2) is 0 Å². The van der Waals surface area contributed by atoms with Gasteiger partial charge in [-0.1, -0.05) is 0 Å². The Kier molecular flexibility index (Phi) is 4.19. The number of ether oxygens (including phenoxy) is 3. The maximum Gasteiger partial charge on any atom is 0.286 e. The molecule has 0 saturated carbocycles. The zero-order valence-corrected chi connectivity index (χ0v) is 12.1. The molecule has 20 heavy (non-hydrogen) atoms. The Morgan fingerprint density at radius 2 is 1.75 bits per heavy atom. The Morgan fingerprint density at radius 3 is 2.15 bits per heavy atom. The number of thioether (sulfide) groups is 1. The molecular weight excluding hydrogens is 280 g/mol. The first-order valence-corrected chi connectivity index (χ1v) is 6.48. The van der Waals surface area contributed by atoms with E-state index in [-0.39, 0.29) is 11.1 Å². The molecule has 0 radical (unpaired) electrons. The van der Waals surface area contributed by atoms with Crippen molar-refractivity contribution in [2.24, 2.45) is 10.7 Å². The fourth-order valence-electron chi connectivity index (χ4n) is 1.76. The Morgan fingerprint density at radius 1 is 1.15 bits per heavy atom. The number of rotatable bonds is 4. The van der Waals surface area contributed by atoms with Gasteiger partial charge in [0.15, 0.2) is 16.7 Å². The number of nitrogens with zero attached hydrogens (tertiary/aromatic N) is 1. The van der Waals surface area contributed by atoms with E-state index in [2.05, 4.69) is 4.99 Å². The van der Waals surface area contributed by atoms with Crippen LogP contribution in [0.1, 0.15) is 5.56 Å². The van der Waals surface area contributed by atoms with Gasteiger partial charge in [0.1, 0.15) is 0 Å². The number of hydrogen-bond acceptors (Lipinski definition) is 6. The van der Waals surface area contributed by atoms with Crippen LogP contribution in [0.4, 0.5) is 0 Å². The van der Waals surface area contributed by atoms with Gasteiger partial charge >= 0.3 is 0 Å². The lowest BCUT2D eigenvalue weighted by molar-refractivity contribution is -0.113. The summed E-state index contributed by atoms with van der Waals surface area (Å²) in [4.78, 5) is 15.7. The summed E-state index contributed by atoms with van der Waals surface area (Å²) in [6, 6.07) is 3.49. The molecule has 0 aliphatic carbocycles. The van der Waals surface area contributed by atoms with Crippen LogP contribution in [-0.2, 0) is 4.79 Å². The molecule has 2 rings (SSSR count). The summed E-state index contributed by atoms with van der Waals surface area (Å²) >= 11 is 1.13. The molecule has 0 aromatic heterocycles. The smallest absolute Gasteiger partial charge is 0.286 e. The molecule has 1 aromatic carbocycles. The second-order valence-electron chi connectivity index (χ2n) is 3.82. The SMILES string of the molecule is COc1cc(C=C2SC(N)=NC2=O)cc(OC)c1OC. The summed E-state index contributed by atoms with van der Waals surface area (Å²) in [6.45, 7) is 0. The van der Waals surface area contributed by atoms with Crippen molar-refractivity contribution < 1.29 is 19.0 Å². The van der Waals surface area contributed by atoms with Gasteiger partial charge in [-0.3, -0.25) is 4.79 Å². The first-order valence-electron chi connectivity index (χ1n) is 5.67. The maximum atomic E-state index is 11.6. The fourth-order valence-corrected chi connectivity index (χ4v) is 2.44. The standard InChI is InChI=1S/C13H14N2O4S/c1-17-8-4-7(5-9(18-2)11(8)19-3)6-10-12(16)15-13(14)20-10/h4-6H,1-3H3,(H2,14,15,16). The summed E-state index contributed by atoms with van der Waals surface area (Å²) in [5, 5.41) is 0.244. The van der Waals surface area contributed by atoms with Crippen molar-refractivity contribution >= 4 is 28.9 Å². The van der Waals surface area contributed by atoms with Crippen molar-refractivity contribution in [2.75, 3.05) is 21.3 Å². The van der Waals surface area contributed by atoms with E-state index >= 15 is 0 Å². The highest BCUT2D eigenvalue weighted by Crippen LogP contribution is 2.39. The molecule has 0 bridgehead atoms. The summed E-state index contributed by atoms with van der Waals surface area (Å²) in [5.74, 6) is 1.19. The number of amides is 1. The maximum absolute atomic E-state index is 11.6. The summed E-state index contributed by atoms with van der Waals surface area (Å²) in [6.07, 6.45) is 1.68. The van der Waals surface area contributed by atoms with Crippen molar-refractivity contribution in [2.45, 2.75) is 0 Å². The lowest BCUT2D eigenvalue weighted by Gasteiger charge is -2.13. The van der Waals surface area contributed by atoms with E-state index in [0.29, 0.717) is 22.2 Å². The molecule has 1 aliphatic heterocycles. The molecule has 106 valence electrons. The van der Waals surface area contributed by atoms with E-state index in [1.165, 1.54) is 21.3 Å². The van der Waals surface area contributed by atoms with E-state index in [4.69, 9.17) is 19.9 Å². The minimum absolute atomic E-state index is 0.244. The third kappa shape index (κ3) is 2.72. The Labute approximate surface area is 120 Å². The minimum Gasteiger partial charge on any atom is -0.493 e. The monoisotopic (exact) mass is 294 g/mol. The first-order chi connectivity index (χ1) is 9.58. The molecule has 7 heteroatoms. The predicted molar refractivity (Wildman–Crippen MR) is 78.3 cm³/mol. The second-order valence-corrected chi connectivity index (χ2v) is 4.89. The zero-order valence-electron chi connectivity index (χ0n) is 11.3. The Balaban J connectivity index is 2.43. The molecule has 6 nitrogen and oxygen atoms in total. The van der Waals surface area contributed by atoms with E-state index in [9.17, 15) is 4.79 Å². The average molecular weight is 294 g/mol. The van der Waals surface area contributed by atoms with E-state index < -0.39 is 0 Å². The Bertz CT molecular complexity index is 585. The number of hydrogen-bond donors (Lipinski definition) is 1. The van der Waals surface area contributed by atoms with Crippen LogP contribution in [0.25, 0.3) is 6.08 Å². The van der Waals surface area contributed by atoms with Crippen LogP contribution >= 0.6 is 11.8 Å². The third-order valence-electron chi connectivity index (χ3n) is 2.62. The van der Waals surface area contributed by atoms with Gasteiger partial charge in [-0.05, 0) is 35.5 Å². The molecule has 1 aliphatic rings. The molecule has 0 fully saturated rings. The lowest BCUT2D eigenvalue weighted by atomic mass is 10.1. The topological polar surface area (TPSA) is 83.1 Å². The minimum atomic E-state index is -0.346. The van der Waals surface area contributed by atoms with Gasteiger partial charge in [0.25, 0.3) is 5.91 Å². The summed E-state index contributed by atoms with van der Waals surface area (Å²) < 4.78 is 15.7.